The molecule has 0 spiro atoms. The van der Waals surface area contributed by atoms with Gasteiger partial charge in [0.25, 0.3) is 0 Å². The van der Waals surface area contributed by atoms with Crippen LogP contribution in [0.15, 0.2) is 48.5 Å². The van der Waals surface area contributed by atoms with Crippen LogP contribution in [0.3, 0.4) is 0 Å². The van der Waals surface area contributed by atoms with Gasteiger partial charge in [0.05, 0.1) is 24.7 Å². The van der Waals surface area contributed by atoms with Crippen molar-refractivity contribution in [2.75, 3.05) is 32.8 Å². The highest BCUT2D eigenvalue weighted by Crippen LogP contribution is 2.44. The van der Waals surface area contributed by atoms with Gasteiger partial charge in [-0.3, -0.25) is 9.69 Å². The fourth-order valence-corrected chi connectivity index (χ4v) is 4.57. The Hall–Kier alpha value is -1.95. The summed E-state index contributed by atoms with van der Waals surface area (Å²) < 4.78 is 19.3. The van der Waals surface area contributed by atoms with Crippen molar-refractivity contribution in [3.8, 4) is 0 Å². The van der Waals surface area contributed by atoms with Crippen molar-refractivity contribution >= 4 is 17.5 Å². The molecule has 0 aromatic heterocycles. The molecule has 4 rings (SSSR count). The van der Waals surface area contributed by atoms with E-state index in [-0.39, 0.29) is 17.8 Å². The smallest absolute Gasteiger partial charge is 0.230 e. The van der Waals surface area contributed by atoms with Crippen LogP contribution < -0.4 is 5.32 Å². The third kappa shape index (κ3) is 4.32. The topological polar surface area (TPSA) is 41.6 Å². The van der Waals surface area contributed by atoms with Gasteiger partial charge in [-0.1, -0.05) is 42.3 Å². The Morgan fingerprint density at radius 2 is 1.93 bits per heavy atom. The van der Waals surface area contributed by atoms with E-state index in [1.165, 1.54) is 6.07 Å². The molecule has 4 nitrogen and oxygen atoms in total. The van der Waals surface area contributed by atoms with E-state index in [0.29, 0.717) is 24.8 Å². The van der Waals surface area contributed by atoms with Crippen molar-refractivity contribution < 1.29 is 13.9 Å². The van der Waals surface area contributed by atoms with Crippen LogP contribution in [0.4, 0.5) is 4.39 Å². The summed E-state index contributed by atoms with van der Waals surface area (Å²) in [5.41, 5.74) is 1.34. The first-order chi connectivity index (χ1) is 14.1. The average Bonchev–Trinajstić information content (AvgIpc) is 2.68. The van der Waals surface area contributed by atoms with Crippen LogP contribution >= 0.6 is 11.6 Å². The van der Waals surface area contributed by atoms with Crippen molar-refractivity contribution in [1.82, 2.24) is 10.2 Å². The highest BCUT2D eigenvalue weighted by molar-refractivity contribution is 6.30. The Bertz CT molecular complexity index is 865. The Morgan fingerprint density at radius 3 is 2.59 bits per heavy atom. The molecule has 2 aromatic carbocycles. The molecule has 2 aliphatic rings. The lowest BCUT2D eigenvalue weighted by Crippen LogP contribution is -2.51. The molecule has 1 saturated heterocycles. The van der Waals surface area contributed by atoms with Gasteiger partial charge in [0.1, 0.15) is 5.82 Å². The van der Waals surface area contributed by atoms with Crippen molar-refractivity contribution in [3.63, 3.8) is 0 Å². The second-order valence-electron chi connectivity index (χ2n) is 7.88. The van der Waals surface area contributed by atoms with Crippen molar-refractivity contribution in [2.45, 2.75) is 30.7 Å². The zero-order valence-electron chi connectivity index (χ0n) is 16.4. The van der Waals surface area contributed by atoms with Gasteiger partial charge in [0.15, 0.2) is 0 Å². The van der Waals surface area contributed by atoms with Crippen LogP contribution in [0.25, 0.3) is 0 Å². The number of benzene rings is 2. The number of nitrogens with zero attached hydrogens (tertiary/aromatic N) is 1. The van der Waals surface area contributed by atoms with Crippen LogP contribution in [0.1, 0.15) is 36.4 Å². The summed E-state index contributed by atoms with van der Waals surface area (Å²) in [4.78, 5) is 15.5. The quantitative estimate of drug-likeness (QED) is 0.771. The molecule has 1 aliphatic carbocycles. The summed E-state index contributed by atoms with van der Waals surface area (Å²) in [5.74, 6) is -0.234. The molecule has 0 radical (unpaired) electrons. The third-order valence-electron chi connectivity index (χ3n) is 6.19. The number of morpholine rings is 1. The SMILES string of the molecule is O=C(NCC(c1cccc(F)c1)N1CCOCC1)C1(c2cccc(Cl)c2)CCC1. The molecule has 29 heavy (non-hydrogen) atoms. The fraction of sp³-hybridized carbons (Fsp3) is 0.435. The van der Waals surface area contributed by atoms with E-state index >= 15 is 0 Å². The molecule has 154 valence electrons. The molecule has 1 aliphatic heterocycles. The molecule has 1 N–H and O–H groups in total. The molecule has 6 heteroatoms. The van der Waals surface area contributed by atoms with Gasteiger partial charge >= 0.3 is 0 Å². The van der Waals surface area contributed by atoms with E-state index in [2.05, 4.69) is 10.2 Å². The van der Waals surface area contributed by atoms with Gasteiger partial charge < -0.3 is 10.1 Å². The number of ether oxygens (including phenoxy) is 1. The van der Waals surface area contributed by atoms with Crippen LogP contribution in [0.5, 0.6) is 0 Å². The Labute approximate surface area is 176 Å². The molecule has 1 amide bonds. The minimum Gasteiger partial charge on any atom is -0.379 e. The second-order valence-corrected chi connectivity index (χ2v) is 8.31. The lowest BCUT2D eigenvalue weighted by Gasteiger charge is -2.42. The van der Waals surface area contributed by atoms with Gasteiger partial charge in [-0.05, 0) is 48.2 Å². The summed E-state index contributed by atoms with van der Waals surface area (Å²) >= 11 is 6.17. The van der Waals surface area contributed by atoms with Crippen molar-refractivity contribution in [3.05, 3.63) is 70.5 Å². The molecule has 1 unspecified atom stereocenters. The van der Waals surface area contributed by atoms with Crippen LogP contribution in [0.2, 0.25) is 5.02 Å². The van der Waals surface area contributed by atoms with E-state index in [1.807, 2.05) is 30.3 Å². The zero-order valence-corrected chi connectivity index (χ0v) is 17.1. The maximum atomic E-state index is 13.9. The second kappa shape index (κ2) is 8.82. The van der Waals surface area contributed by atoms with E-state index < -0.39 is 5.41 Å². The number of halogens is 2. The highest BCUT2D eigenvalue weighted by atomic mass is 35.5. The summed E-state index contributed by atoms with van der Waals surface area (Å²) in [6, 6.07) is 14.2. The van der Waals surface area contributed by atoms with Crippen molar-refractivity contribution in [1.29, 1.82) is 0 Å². The average molecular weight is 417 g/mol. The molecular weight excluding hydrogens is 391 g/mol. The van der Waals surface area contributed by atoms with E-state index in [4.69, 9.17) is 16.3 Å². The fourth-order valence-electron chi connectivity index (χ4n) is 4.38. The maximum absolute atomic E-state index is 13.9. The summed E-state index contributed by atoms with van der Waals surface area (Å²) in [7, 11) is 0. The Kier molecular flexibility index (Phi) is 6.18. The predicted octanol–water partition coefficient (Wildman–Crippen LogP) is 4.09. The number of hydrogen-bond acceptors (Lipinski definition) is 3. The van der Waals surface area contributed by atoms with Crippen LogP contribution in [-0.4, -0.2) is 43.7 Å². The van der Waals surface area contributed by atoms with Gasteiger partial charge in [-0.25, -0.2) is 4.39 Å². The molecule has 2 fully saturated rings. The van der Waals surface area contributed by atoms with Gasteiger partial charge in [-0.15, -0.1) is 0 Å². The standard InChI is InChI=1S/C23H26ClFN2O2/c24-19-6-2-5-18(15-19)23(8-3-9-23)22(28)26-16-21(27-10-12-29-13-11-27)17-4-1-7-20(25)14-17/h1-2,4-7,14-15,21H,3,8-13,16H2,(H,26,28). The lowest BCUT2D eigenvalue weighted by molar-refractivity contribution is -0.130. The van der Waals surface area contributed by atoms with E-state index in [9.17, 15) is 9.18 Å². The van der Waals surface area contributed by atoms with Gasteiger partial charge in [-0.2, -0.15) is 0 Å². The highest BCUT2D eigenvalue weighted by Gasteiger charge is 2.45. The van der Waals surface area contributed by atoms with Gasteiger partial charge in [0.2, 0.25) is 5.91 Å². The first-order valence-electron chi connectivity index (χ1n) is 10.2. The van der Waals surface area contributed by atoms with E-state index in [1.54, 1.807) is 12.1 Å². The number of nitrogens with one attached hydrogen (secondary N) is 1. The molecular formula is C23H26ClFN2O2. The van der Waals surface area contributed by atoms with Crippen molar-refractivity contribution in [2.24, 2.45) is 0 Å². The molecule has 1 heterocycles. The maximum Gasteiger partial charge on any atom is 0.230 e. The largest absolute Gasteiger partial charge is 0.379 e. The molecule has 2 aromatic rings. The minimum atomic E-state index is -0.512. The summed E-state index contributed by atoms with van der Waals surface area (Å²) in [6.07, 6.45) is 2.67. The van der Waals surface area contributed by atoms with Crippen LogP contribution in [0, 0.1) is 5.82 Å². The molecule has 1 atom stereocenters. The Balaban J connectivity index is 1.52. The number of rotatable bonds is 6. The number of amides is 1. The van der Waals surface area contributed by atoms with Crippen LogP contribution in [-0.2, 0) is 14.9 Å². The lowest BCUT2D eigenvalue weighted by atomic mass is 9.64. The molecule has 1 saturated carbocycles. The summed E-state index contributed by atoms with van der Waals surface area (Å²) in [6.45, 7) is 3.25. The van der Waals surface area contributed by atoms with E-state index in [0.717, 1.165) is 43.5 Å². The number of hydrogen-bond donors (Lipinski definition) is 1. The number of carbonyl (C=O) groups is 1. The van der Waals surface area contributed by atoms with Gasteiger partial charge in [0, 0.05) is 24.7 Å². The zero-order chi connectivity index (χ0) is 20.3. The Morgan fingerprint density at radius 1 is 1.17 bits per heavy atom. The normalized spacial score (nSPS) is 19.9. The first-order valence-corrected chi connectivity index (χ1v) is 10.6. The predicted molar refractivity (Wildman–Crippen MR) is 112 cm³/mol. The monoisotopic (exact) mass is 416 g/mol. The third-order valence-corrected chi connectivity index (χ3v) is 6.43. The first kappa shape index (κ1) is 20.3. The summed E-state index contributed by atoms with van der Waals surface area (Å²) in [5, 5.41) is 3.82. The minimum absolute atomic E-state index is 0.0284. The number of carbonyl (C=O) groups excluding carboxylic acids is 1. The molecule has 0 bridgehead atoms.